The van der Waals surface area contributed by atoms with Crippen molar-refractivity contribution < 1.29 is 28.2 Å². The summed E-state index contributed by atoms with van der Waals surface area (Å²) in [5, 5.41) is 11.7. The molecule has 0 aliphatic carbocycles. The molecular weight excluding hydrogens is 384 g/mol. The maximum absolute atomic E-state index is 13.7. The molecule has 0 bridgehead atoms. The minimum Gasteiger partial charge on any atom is -0.489 e. The van der Waals surface area contributed by atoms with Crippen molar-refractivity contribution in [2.24, 2.45) is 5.73 Å². The van der Waals surface area contributed by atoms with E-state index in [2.05, 4.69) is 10.3 Å². The first-order valence-electron chi connectivity index (χ1n) is 8.59. The smallest absolute Gasteiger partial charge is 0.256 e. The number of carbonyl (C=O) groups excluding carboxylic acids is 2. The Balaban J connectivity index is 2.26. The highest BCUT2D eigenvalue weighted by atomic mass is 19.1. The summed E-state index contributed by atoms with van der Waals surface area (Å²) >= 11 is 0. The van der Waals surface area contributed by atoms with Gasteiger partial charge in [-0.1, -0.05) is 6.07 Å². The number of pyridine rings is 1. The van der Waals surface area contributed by atoms with Gasteiger partial charge in [0.2, 0.25) is 0 Å². The lowest BCUT2D eigenvalue weighted by molar-refractivity contribution is -0.123. The summed E-state index contributed by atoms with van der Waals surface area (Å²) in [6.45, 7) is 1.83. The first-order valence-corrected chi connectivity index (χ1v) is 8.59. The molecule has 7 nitrogen and oxygen atoms in total. The van der Waals surface area contributed by atoms with Crippen LogP contribution in [0.15, 0.2) is 42.2 Å². The van der Waals surface area contributed by atoms with E-state index in [9.17, 15) is 23.5 Å². The molecule has 1 unspecified atom stereocenters. The van der Waals surface area contributed by atoms with E-state index >= 15 is 0 Å². The zero-order valence-corrected chi connectivity index (χ0v) is 15.9. The van der Waals surface area contributed by atoms with Gasteiger partial charge < -0.3 is 25.7 Å². The molecular formula is C20H21F2N3O4. The Morgan fingerprint density at radius 3 is 2.55 bits per heavy atom. The van der Waals surface area contributed by atoms with Crippen molar-refractivity contribution in [3.05, 3.63) is 65.1 Å². The number of hydrogen-bond acceptors (Lipinski definition) is 6. The van der Waals surface area contributed by atoms with Gasteiger partial charge in [-0.05, 0) is 32.0 Å². The highest BCUT2D eigenvalue weighted by Crippen LogP contribution is 2.22. The molecule has 0 aliphatic heterocycles. The molecule has 2 rings (SSSR count). The van der Waals surface area contributed by atoms with Gasteiger partial charge in [0.05, 0.1) is 23.4 Å². The van der Waals surface area contributed by atoms with E-state index in [0.717, 1.165) is 12.1 Å². The molecule has 0 aliphatic rings. The predicted octanol–water partition coefficient (Wildman–Crippen LogP) is 1.69. The maximum atomic E-state index is 13.7. The summed E-state index contributed by atoms with van der Waals surface area (Å²) < 4.78 is 32.9. The molecule has 0 spiro atoms. The Hall–Kier alpha value is -3.33. The van der Waals surface area contributed by atoms with Crippen LogP contribution in [0.3, 0.4) is 0 Å². The monoisotopic (exact) mass is 405 g/mol. The van der Waals surface area contributed by atoms with E-state index in [4.69, 9.17) is 10.5 Å². The fourth-order valence-corrected chi connectivity index (χ4v) is 2.39. The molecule has 2 aromatic rings. The Labute approximate surface area is 166 Å². The van der Waals surface area contributed by atoms with Crippen LogP contribution in [0.1, 0.15) is 25.1 Å². The zero-order chi connectivity index (χ0) is 21.6. The fraction of sp³-hybridized carbons (Fsp3) is 0.250. The molecule has 154 valence electrons. The summed E-state index contributed by atoms with van der Waals surface area (Å²) in [6.07, 6.45) is 1.74. The van der Waals surface area contributed by atoms with Gasteiger partial charge >= 0.3 is 0 Å². The van der Waals surface area contributed by atoms with Gasteiger partial charge in [-0.3, -0.25) is 9.78 Å². The number of allylic oxidation sites excluding steroid dienone is 1. The quantitative estimate of drug-likeness (QED) is 0.455. The molecule has 0 fully saturated rings. The van der Waals surface area contributed by atoms with E-state index in [0.29, 0.717) is 6.29 Å². The molecule has 1 atom stereocenters. The largest absolute Gasteiger partial charge is 0.489 e. The molecule has 1 aromatic heterocycles. The van der Waals surface area contributed by atoms with Crippen LogP contribution in [0.2, 0.25) is 0 Å². The van der Waals surface area contributed by atoms with Gasteiger partial charge in [0.15, 0.2) is 0 Å². The number of amides is 1. The second-order valence-electron chi connectivity index (χ2n) is 6.57. The van der Waals surface area contributed by atoms with Crippen LogP contribution in [0.4, 0.5) is 8.78 Å². The van der Waals surface area contributed by atoms with Crippen LogP contribution in [-0.4, -0.2) is 34.4 Å². The number of halogens is 2. The predicted molar refractivity (Wildman–Crippen MR) is 101 cm³/mol. The number of hydrogen-bond donors (Lipinski definition) is 3. The molecule has 1 aromatic carbocycles. The standard InChI is InChI=1S/C20H21F2N3O4/c1-12(23)18(19(28)25-20(2,10-26)11-27)17-8-13(6-7-24-17)29-9-14-15(21)4-3-5-16(14)22/h3-8,10,27H,9,11,23H2,1-2H3,(H,25,28)/b18-12+. The van der Waals surface area contributed by atoms with Crippen LogP contribution in [-0.2, 0) is 16.2 Å². The number of aliphatic hydroxyl groups is 1. The molecule has 1 amide bonds. The van der Waals surface area contributed by atoms with E-state index < -0.39 is 29.7 Å². The van der Waals surface area contributed by atoms with Gasteiger partial charge in [-0.2, -0.15) is 0 Å². The van der Waals surface area contributed by atoms with Crippen LogP contribution >= 0.6 is 0 Å². The number of carbonyl (C=O) groups is 2. The van der Waals surface area contributed by atoms with E-state index in [1.54, 1.807) is 0 Å². The van der Waals surface area contributed by atoms with Gasteiger partial charge in [-0.25, -0.2) is 8.78 Å². The lowest BCUT2D eigenvalue weighted by atomic mass is 10.0. The first-order chi connectivity index (χ1) is 13.7. The average molecular weight is 405 g/mol. The van der Waals surface area contributed by atoms with E-state index in [-0.39, 0.29) is 34.9 Å². The molecule has 9 heteroatoms. The SMILES string of the molecule is C/C(N)=C(\C(=O)NC(C)(C=O)CO)c1cc(OCc2c(F)cccc2F)ccn1. The minimum atomic E-state index is -1.49. The Kier molecular flexibility index (Phi) is 7.00. The number of benzene rings is 1. The highest BCUT2D eigenvalue weighted by molar-refractivity contribution is 6.20. The van der Waals surface area contributed by atoms with Crippen molar-refractivity contribution in [2.45, 2.75) is 26.0 Å². The number of aldehydes is 1. The second kappa shape index (κ2) is 9.24. The number of aromatic nitrogens is 1. The summed E-state index contributed by atoms with van der Waals surface area (Å²) in [5.41, 5.74) is 4.29. The van der Waals surface area contributed by atoms with E-state index in [1.807, 2.05) is 0 Å². The molecule has 1 heterocycles. The first kappa shape index (κ1) is 22.0. The molecule has 0 saturated carbocycles. The number of rotatable bonds is 8. The number of ether oxygens (including phenoxy) is 1. The summed E-state index contributed by atoms with van der Waals surface area (Å²) in [6, 6.07) is 6.31. The van der Waals surface area contributed by atoms with E-state index in [1.165, 1.54) is 38.2 Å². The number of aliphatic hydroxyl groups excluding tert-OH is 1. The van der Waals surface area contributed by atoms with Crippen LogP contribution < -0.4 is 15.8 Å². The van der Waals surface area contributed by atoms with Gasteiger partial charge in [-0.15, -0.1) is 0 Å². The van der Waals surface area contributed by atoms with Gasteiger partial charge in [0.1, 0.15) is 35.8 Å². The third kappa shape index (κ3) is 5.35. The fourth-order valence-electron chi connectivity index (χ4n) is 2.39. The zero-order valence-electron chi connectivity index (χ0n) is 15.9. The van der Waals surface area contributed by atoms with Crippen LogP contribution in [0.25, 0.3) is 5.57 Å². The topological polar surface area (TPSA) is 115 Å². The highest BCUT2D eigenvalue weighted by Gasteiger charge is 2.28. The maximum Gasteiger partial charge on any atom is 0.256 e. The van der Waals surface area contributed by atoms with Crippen molar-refractivity contribution in [2.75, 3.05) is 6.61 Å². The normalized spacial score (nSPS) is 13.8. The Morgan fingerprint density at radius 2 is 2.00 bits per heavy atom. The number of nitrogens with zero attached hydrogens (tertiary/aromatic N) is 1. The lowest BCUT2D eigenvalue weighted by Crippen LogP contribution is -2.50. The summed E-state index contributed by atoms with van der Waals surface area (Å²) in [4.78, 5) is 27.8. The minimum absolute atomic E-state index is 0.0333. The van der Waals surface area contributed by atoms with Gasteiger partial charge in [0, 0.05) is 18.0 Å². The summed E-state index contributed by atoms with van der Waals surface area (Å²) in [5.74, 6) is -2.01. The Bertz CT molecular complexity index is 925. The molecule has 29 heavy (non-hydrogen) atoms. The van der Waals surface area contributed by atoms with Crippen molar-refractivity contribution in [3.8, 4) is 5.75 Å². The van der Waals surface area contributed by atoms with Crippen molar-refractivity contribution in [3.63, 3.8) is 0 Å². The third-order valence-electron chi connectivity index (χ3n) is 4.04. The van der Waals surface area contributed by atoms with Crippen molar-refractivity contribution in [1.29, 1.82) is 0 Å². The molecule has 0 saturated heterocycles. The van der Waals surface area contributed by atoms with Crippen LogP contribution in [0.5, 0.6) is 5.75 Å². The molecule has 4 N–H and O–H groups in total. The van der Waals surface area contributed by atoms with Crippen LogP contribution in [0, 0.1) is 11.6 Å². The van der Waals surface area contributed by atoms with Crippen molar-refractivity contribution >= 4 is 17.8 Å². The summed E-state index contributed by atoms with van der Waals surface area (Å²) in [7, 11) is 0. The number of nitrogens with two attached hydrogens (primary N) is 1. The van der Waals surface area contributed by atoms with Gasteiger partial charge in [0.25, 0.3) is 5.91 Å². The Morgan fingerprint density at radius 1 is 1.34 bits per heavy atom. The lowest BCUT2D eigenvalue weighted by Gasteiger charge is -2.23. The molecule has 0 radical (unpaired) electrons. The van der Waals surface area contributed by atoms with Crippen molar-refractivity contribution in [1.82, 2.24) is 10.3 Å². The number of nitrogens with one attached hydrogen (secondary N) is 1. The average Bonchev–Trinajstić information content (AvgIpc) is 2.67. The third-order valence-corrected chi connectivity index (χ3v) is 4.04. The second-order valence-corrected chi connectivity index (χ2v) is 6.57.